The standard InChI is InChI=1S/C15H22N2O6S2/c1-11(2)16-17(12-7-8-24(18,19)10-12)25(20,21)15-9-13(22-3)5-6-14(15)23-4/h5-6,9,12H,7-8,10H2,1-4H3/t12-/m0/s1. The fraction of sp³-hybridized carbons (Fsp3) is 0.533. The first kappa shape index (κ1) is 19.5. The van der Waals surface area contributed by atoms with Crippen LogP contribution in [0.2, 0.25) is 0 Å². The molecule has 2 rings (SSSR count). The van der Waals surface area contributed by atoms with Crippen molar-refractivity contribution < 1.29 is 26.3 Å². The zero-order valence-corrected chi connectivity index (χ0v) is 16.2. The molecule has 8 nitrogen and oxygen atoms in total. The van der Waals surface area contributed by atoms with E-state index >= 15 is 0 Å². The minimum absolute atomic E-state index is 0.0583. The number of hydrazone groups is 1. The Morgan fingerprint density at radius 2 is 1.92 bits per heavy atom. The zero-order chi connectivity index (χ0) is 18.8. The van der Waals surface area contributed by atoms with Gasteiger partial charge in [0.15, 0.2) is 9.84 Å². The molecule has 1 aliphatic rings. The van der Waals surface area contributed by atoms with Crippen molar-refractivity contribution in [2.75, 3.05) is 25.7 Å². The lowest BCUT2D eigenvalue weighted by molar-refractivity contribution is 0.348. The number of benzene rings is 1. The van der Waals surface area contributed by atoms with E-state index in [0.717, 1.165) is 4.41 Å². The average Bonchev–Trinajstić information content (AvgIpc) is 2.91. The molecule has 1 aromatic carbocycles. The maximum atomic E-state index is 13.2. The van der Waals surface area contributed by atoms with Crippen LogP contribution in [0, 0.1) is 0 Å². The van der Waals surface area contributed by atoms with Crippen molar-refractivity contribution in [1.29, 1.82) is 0 Å². The third-order valence-electron chi connectivity index (χ3n) is 3.71. The Bertz CT molecular complexity index is 873. The number of methoxy groups -OCH3 is 2. The molecule has 1 aliphatic heterocycles. The van der Waals surface area contributed by atoms with Crippen LogP contribution in [0.15, 0.2) is 28.2 Å². The molecule has 0 unspecified atom stereocenters. The lowest BCUT2D eigenvalue weighted by Gasteiger charge is -2.26. The minimum Gasteiger partial charge on any atom is -0.497 e. The highest BCUT2D eigenvalue weighted by Gasteiger charge is 2.39. The fourth-order valence-electron chi connectivity index (χ4n) is 2.56. The van der Waals surface area contributed by atoms with Crippen molar-refractivity contribution in [2.24, 2.45) is 5.10 Å². The van der Waals surface area contributed by atoms with Crippen LogP contribution >= 0.6 is 0 Å². The summed E-state index contributed by atoms with van der Waals surface area (Å²) in [5.41, 5.74) is 0.495. The van der Waals surface area contributed by atoms with Crippen LogP contribution in [0.5, 0.6) is 11.5 Å². The highest BCUT2D eigenvalue weighted by Crippen LogP contribution is 2.33. The van der Waals surface area contributed by atoms with Gasteiger partial charge >= 0.3 is 0 Å². The quantitative estimate of drug-likeness (QED) is 0.535. The number of sulfonamides is 1. The molecular formula is C15H22N2O6S2. The van der Waals surface area contributed by atoms with Crippen LogP contribution in [-0.4, -0.2) is 58.7 Å². The molecule has 0 radical (unpaired) electrons. The Balaban J connectivity index is 2.58. The average molecular weight is 390 g/mol. The molecule has 0 aliphatic carbocycles. The summed E-state index contributed by atoms with van der Waals surface area (Å²) in [5.74, 6) is 0.165. The van der Waals surface area contributed by atoms with Crippen molar-refractivity contribution in [3.8, 4) is 11.5 Å². The number of rotatable bonds is 6. The third kappa shape index (κ3) is 4.24. The SMILES string of the molecule is COc1ccc(OC)c(S(=O)(=O)N(N=C(C)C)[C@H]2CCS(=O)(=O)C2)c1. The van der Waals surface area contributed by atoms with Gasteiger partial charge in [-0.25, -0.2) is 8.42 Å². The second-order valence-electron chi connectivity index (χ2n) is 5.90. The maximum Gasteiger partial charge on any atom is 0.283 e. The van der Waals surface area contributed by atoms with E-state index in [1.807, 2.05) is 0 Å². The van der Waals surface area contributed by atoms with Crippen molar-refractivity contribution in [3.05, 3.63) is 18.2 Å². The number of nitrogens with zero attached hydrogens (tertiary/aromatic N) is 2. The molecule has 25 heavy (non-hydrogen) atoms. The highest BCUT2D eigenvalue weighted by atomic mass is 32.2. The van der Waals surface area contributed by atoms with Crippen molar-refractivity contribution >= 4 is 25.6 Å². The molecule has 1 saturated heterocycles. The molecule has 0 amide bonds. The van der Waals surface area contributed by atoms with Gasteiger partial charge in [0.2, 0.25) is 0 Å². The molecule has 1 aromatic rings. The van der Waals surface area contributed by atoms with E-state index in [4.69, 9.17) is 9.47 Å². The molecule has 1 atom stereocenters. The molecule has 0 bridgehead atoms. The smallest absolute Gasteiger partial charge is 0.283 e. The molecule has 0 aromatic heterocycles. The van der Waals surface area contributed by atoms with Gasteiger partial charge in [0.05, 0.1) is 31.8 Å². The molecule has 10 heteroatoms. The van der Waals surface area contributed by atoms with Gasteiger partial charge in [0, 0.05) is 11.8 Å². The molecule has 1 fully saturated rings. The van der Waals surface area contributed by atoms with Gasteiger partial charge in [0.1, 0.15) is 16.4 Å². The van der Waals surface area contributed by atoms with Crippen molar-refractivity contribution in [2.45, 2.75) is 31.2 Å². The molecule has 0 N–H and O–H groups in total. The van der Waals surface area contributed by atoms with Gasteiger partial charge in [-0.3, -0.25) is 0 Å². The van der Waals surface area contributed by atoms with Gasteiger partial charge in [-0.05, 0) is 32.4 Å². The van der Waals surface area contributed by atoms with Crippen LogP contribution in [0.4, 0.5) is 0 Å². The van der Waals surface area contributed by atoms with Crippen molar-refractivity contribution in [3.63, 3.8) is 0 Å². The van der Waals surface area contributed by atoms with E-state index < -0.39 is 25.9 Å². The second-order valence-corrected chi connectivity index (χ2v) is 9.89. The van der Waals surface area contributed by atoms with Crippen LogP contribution in [-0.2, 0) is 19.9 Å². The summed E-state index contributed by atoms with van der Waals surface area (Å²) in [6.07, 6.45) is 0.199. The molecular weight excluding hydrogens is 368 g/mol. The van der Waals surface area contributed by atoms with E-state index in [-0.39, 0.29) is 28.6 Å². The van der Waals surface area contributed by atoms with Crippen molar-refractivity contribution in [1.82, 2.24) is 4.41 Å². The van der Waals surface area contributed by atoms with Crippen LogP contribution in [0.25, 0.3) is 0 Å². The van der Waals surface area contributed by atoms with Crippen LogP contribution in [0.1, 0.15) is 20.3 Å². The Morgan fingerprint density at radius 1 is 1.24 bits per heavy atom. The van der Waals surface area contributed by atoms with E-state index in [2.05, 4.69) is 5.10 Å². The van der Waals surface area contributed by atoms with E-state index in [0.29, 0.717) is 11.5 Å². The monoisotopic (exact) mass is 390 g/mol. The van der Waals surface area contributed by atoms with Gasteiger partial charge in [-0.2, -0.15) is 17.9 Å². The molecule has 140 valence electrons. The molecule has 0 saturated carbocycles. The molecule has 1 heterocycles. The topological polar surface area (TPSA) is 102 Å². The molecule has 0 spiro atoms. The summed E-state index contributed by atoms with van der Waals surface area (Å²) in [6, 6.07) is 3.65. The maximum absolute atomic E-state index is 13.2. The summed E-state index contributed by atoms with van der Waals surface area (Å²) in [5, 5.41) is 4.10. The lowest BCUT2D eigenvalue weighted by Crippen LogP contribution is -2.37. The second kappa shape index (κ2) is 7.20. The van der Waals surface area contributed by atoms with Gasteiger partial charge in [-0.1, -0.05) is 0 Å². The third-order valence-corrected chi connectivity index (χ3v) is 7.21. The van der Waals surface area contributed by atoms with E-state index in [1.165, 1.54) is 26.4 Å². The van der Waals surface area contributed by atoms with Gasteiger partial charge < -0.3 is 9.47 Å². The van der Waals surface area contributed by atoms with Crippen LogP contribution in [0.3, 0.4) is 0 Å². The predicted molar refractivity (Wildman–Crippen MR) is 94.4 cm³/mol. The first-order valence-corrected chi connectivity index (χ1v) is 10.9. The highest BCUT2D eigenvalue weighted by molar-refractivity contribution is 7.92. The largest absolute Gasteiger partial charge is 0.497 e. The Kier molecular flexibility index (Phi) is 5.62. The number of hydrogen-bond donors (Lipinski definition) is 0. The first-order valence-electron chi connectivity index (χ1n) is 7.59. The fourth-order valence-corrected chi connectivity index (χ4v) is 6.07. The first-order chi connectivity index (χ1) is 11.6. The minimum atomic E-state index is -4.13. The Morgan fingerprint density at radius 3 is 2.40 bits per heavy atom. The lowest BCUT2D eigenvalue weighted by atomic mass is 10.3. The summed E-state index contributed by atoms with van der Waals surface area (Å²) in [4.78, 5) is -0.122. The van der Waals surface area contributed by atoms with Crippen LogP contribution < -0.4 is 9.47 Å². The summed E-state index contributed by atoms with van der Waals surface area (Å²) in [7, 11) is -4.62. The zero-order valence-electron chi connectivity index (χ0n) is 14.6. The summed E-state index contributed by atoms with van der Waals surface area (Å²) in [6.45, 7) is 3.30. The van der Waals surface area contributed by atoms with E-state index in [1.54, 1.807) is 19.9 Å². The normalized spacial score (nSPS) is 19.3. The summed E-state index contributed by atoms with van der Waals surface area (Å²) < 4.78 is 61.2. The Hall–Kier alpha value is -1.81. The Labute approximate surface area is 148 Å². The summed E-state index contributed by atoms with van der Waals surface area (Å²) >= 11 is 0. The van der Waals surface area contributed by atoms with Gasteiger partial charge in [0.25, 0.3) is 10.0 Å². The number of ether oxygens (including phenoxy) is 2. The predicted octanol–water partition coefficient (Wildman–Crippen LogP) is 1.28. The number of hydrogen-bond acceptors (Lipinski definition) is 7. The van der Waals surface area contributed by atoms with E-state index in [9.17, 15) is 16.8 Å². The number of sulfone groups is 1. The van der Waals surface area contributed by atoms with Gasteiger partial charge in [-0.15, -0.1) is 0 Å².